The number of rotatable bonds is 4. The summed E-state index contributed by atoms with van der Waals surface area (Å²) in [5, 5.41) is 3.01. The molecule has 0 unspecified atom stereocenters. The maximum Gasteiger partial charge on any atom is 0.241 e. The predicted molar refractivity (Wildman–Crippen MR) is 116 cm³/mol. The Morgan fingerprint density at radius 1 is 0.897 bits per heavy atom. The van der Waals surface area contributed by atoms with Crippen molar-refractivity contribution in [2.75, 3.05) is 4.90 Å². The Balaban J connectivity index is 1.61. The summed E-state index contributed by atoms with van der Waals surface area (Å²) in [6.45, 7) is 3.03. The van der Waals surface area contributed by atoms with Gasteiger partial charge in [-0.25, -0.2) is 4.90 Å². The fraction of sp³-hybridized carbons (Fsp3) is 0.200. The Labute approximate surface area is 169 Å². The second kappa shape index (κ2) is 6.89. The van der Waals surface area contributed by atoms with Gasteiger partial charge in [0.05, 0.1) is 11.6 Å². The highest BCUT2D eigenvalue weighted by Gasteiger charge is 2.42. The third kappa shape index (κ3) is 2.75. The van der Waals surface area contributed by atoms with Crippen LogP contribution in [0.15, 0.2) is 72.9 Å². The van der Waals surface area contributed by atoms with Crippen molar-refractivity contribution >= 4 is 39.2 Å². The third-order valence-corrected chi connectivity index (χ3v) is 5.81. The number of imide groups is 1. The highest BCUT2D eigenvalue weighted by Crippen LogP contribution is 2.39. The van der Waals surface area contributed by atoms with Gasteiger partial charge in [-0.05, 0) is 29.5 Å². The summed E-state index contributed by atoms with van der Waals surface area (Å²) in [6.07, 6.45) is 3.29. The molecule has 1 aromatic heterocycles. The van der Waals surface area contributed by atoms with Gasteiger partial charge in [-0.1, -0.05) is 61.5 Å². The number of carbonyl (C=O) groups is 2. The van der Waals surface area contributed by atoms with Crippen molar-refractivity contribution in [3.8, 4) is 0 Å². The van der Waals surface area contributed by atoms with Gasteiger partial charge in [0.1, 0.15) is 0 Å². The quantitative estimate of drug-likeness (QED) is 0.452. The van der Waals surface area contributed by atoms with Crippen LogP contribution in [0.4, 0.5) is 5.69 Å². The van der Waals surface area contributed by atoms with Crippen LogP contribution in [0.3, 0.4) is 0 Å². The first-order chi connectivity index (χ1) is 14.2. The molecule has 2 amide bonds. The lowest BCUT2D eigenvalue weighted by Gasteiger charge is -2.17. The maximum atomic E-state index is 13.5. The second-order valence-electron chi connectivity index (χ2n) is 7.62. The van der Waals surface area contributed by atoms with Crippen molar-refractivity contribution in [1.82, 2.24) is 4.57 Å². The van der Waals surface area contributed by atoms with Crippen molar-refractivity contribution in [3.05, 3.63) is 78.5 Å². The first-order valence-electron chi connectivity index (χ1n) is 10.1. The molecule has 1 saturated heterocycles. The topological polar surface area (TPSA) is 42.3 Å². The molecule has 1 aliphatic rings. The molecule has 0 saturated carbocycles. The fourth-order valence-corrected chi connectivity index (χ4v) is 4.51. The number of carbonyl (C=O) groups excluding carboxylic acids is 2. The molecule has 4 heteroatoms. The minimum absolute atomic E-state index is 0.134. The van der Waals surface area contributed by atoms with Crippen molar-refractivity contribution in [3.63, 3.8) is 0 Å². The van der Waals surface area contributed by atoms with Crippen LogP contribution in [0.25, 0.3) is 21.7 Å². The number of aryl methyl sites for hydroxylation is 1. The molecule has 0 N–H and O–H groups in total. The first kappa shape index (κ1) is 17.7. The number of fused-ring (bicyclic) bond motifs is 2. The van der Waals surface area contributed by atoms with E-state index < -0.39 is 5.92 Å². The molecule has 29 heavy (non-hydrogen) atoms. The standard InChI is InChI=1S/C25H22N2O2/c1-2-14-26-16-21(19-11-5-6-12-22(19)26)20-15-24(28)27(25(20)29)23-13-7-9-17-8-3-4-10-18(17)23/h3-13,16,20H,2,14-15H2,1H3/t20-/m0/s1. The van der Waals surface area contributed by atoms with Gasteiger partial charge in [0.25, 0.3) is 0 Å². The third-order valence-electron chi connectivity index (χ3n) is 5.81. The molecular formula is C25H22N2O2. The van der Waals surface area contributed by atoms with Gasteiger partial charge in [-0.3, -0.25) is 9.59 Å². The molecule has 4 nitrogen and oxygen atoms in total. The van der Waals surface area contributed by atoms with E-state index in [1.165, 1.54) is 4.90 Å². The molecule has 1 fully saturated rings. The minimum atomic E-state index is -0.440. The molecule has 1 atom stereocenters. The van der Waals surface area contributed by atoms with E-state index >= 15 is 0 Å². The van der Waals surface area contributed by atoms with E-state index in [1.54, 1.807) is 0 Å². The number of para-hydroxylation sites is 1. The highest BCUT2D eigenvalue weighted by atomic mass is 16.2. The van der Waals surface area contributed by atoms with E-state index in [0.717, 1.165) is 40.2 Å². The molecule has 3 aromatic carbocycles. The molecular weight excluding hydrogens is 360 g/mol. The molecule has 144 valence electrons. The normalized spacial score (nSPS) is 17.0. The zero-order chi connectivity index (χ0) is 20.0. The van der Waals surface area contributed by atoms with Crippen LogP contribution in [0.5, 0.6) is 0 Å². The zero-order valence-corrected chi connectivity index (χ0v) is 16.3. The Kier molecular flexibility index (Phi) is 4.20. The molecule has 5 rings (SSSR count). The maximum absolute atomic E-state index is 13.5. The monoisotopic (exact) mass is 382 g/mol. The van der Waals surface area contributed by atoms with Crippen molar-refractivity contribution < 1.29 is 9.59 Å². The summed E-state index contributed by atoms with van der Waals surface area (Å²) in [5.41, 5.74) is 2.75. The van der Waals surface area contributed by atoms with Gasteiger partial charge >= 0.3 is 0 Å². The Hall–Kier alpha value is -3.40. The Morgan fingerprint density at radius 3 is 2.45 bits per heavy atom. The lowest BCUT2D eigenvalue weighted by Crippen LogP contribution is -2.30. The largest absolute Gasteiger partial charge is 0.347 e. The van der Waals surface area contributed by atoms with E-state index in [2.05, 4.69) is 29.8 Å². The molecule has 0 spiro atoms. The van der Waals surface area contributed by atoms with Crippen LogP contribution in [-0.4, -0.2) is 16.4 Å². The van der Waals surface area contributed by atoms with Gasteiger partial charge < -0.3 is 4.57 Å². The summed E-state index contributed by atoms with van der Waals surface area (Å²) >= 11 is 0. The highest BCUT2D eigenvalue weighted by molar-refractivity contribution is 6.26. The number of amides is 2. The van der Waals surface area contributed by atoms with Crippen LogP contribution < -0.4 is 4.90 Å². The van der Waals surface area contributed by atoms with E-state index in [0.29, 0.717) is 5.69 Å². The summed E-state index contributed by atoms with van der Waals surface area (Å²) in [4.78, 5) is 27.8. The van der Waals surface area contributed by atoms with E-state index in [4.69, 9.17) is 0 Å². The van der Waals surface area contributed by atoms with Crippen LogP contribution in [0.2, 0.25) is 0 Å². The average Bonchev–Trinajstić information content (AvgIpc) is 3.25. The van der Waals surface area contributed by atoms with Gasteiger partial charge in [-0.15, -0.1) is 0 Å². The fourth-order valence-electron chi connectivity index (χ4n) is 4.51. The van der Waals surface area contributed by atoms with Crippen molar-refractivity contribution in [1.29, 1.82) is 0 Å². The van der Waals surface area contributed by atoms with E-state index in [9.17, 15) is 9.59 Å². The van der Waals surface area contributed by atoms with Gasteiger partial charge in [0, 0.05) is 35.5 Å². The molecule has 0 bridgehead atoms. The first-order valence-corrected chi connectivity index (χ1v) is 10.1. The molecule has 0 aliphatic carbocycles. The summed E-state index contributed by atoms with van der Waals surface area (Å²) in [5.74, 6) is -0.709. The van der Waals surface area contributed by atoms with Crippen molar-refractivity contribution in [2.45, 2.75) is 32.2 Å². The second-order valence-corrected chi connectivity index (χ2v) is 7.62. The summed E-state index contributed by atoms with van der Waals surface area (Å²) < 4.78 is 2.20. The SMILES string of the molecule is CCCn1cc([C@@H]2CC(=O)N(c3cccc4ccccc34)C2=O)c2ccccc21. The van der Waals surface area contributed by atoms with Crippen LogP contribution in [-0.2, 0) is 16.1 Å². The number of aromatic nitrogens is 1. The zero-order valence-electron chi connectivity index (χ0n) is 16.3. The number of hydrogen-bond donors (Lipinski definition) is 0. The Morgan fingerprint density at radius 2 is 1.62 bits per heavy atom. The molecule has 2 heterocycles. The van der Waals surface area contributed by atoms with Crippen molar-refractivity contribution in [2.24, 2.45) is 0 Å². The lowest BCUT2D eigenvalue weighted by molar-refractivity contribution is -0.121. The smallest absolute Gasteiger partial charge is 0.241 e. The summed E-state index contributed by atoms with van der Waals surface area (Å²) in [6, 6.07) is 21.8. The number of anilines is 1. The molecule has 0 radical (unpaired) electrons. The molecule has 1 aliphatic heterocycles. The number of hydrogen-bond acceptors (Lipinski definition) is 2. The minimum Gasteiger partial charge on any atom is -0.347 e. The summed E-state index contributed by atoms with van der Waals surface area (Å²) in [7, 11) is 0. The number of benzene rings is 3. The molecule has 4 aromatic rings. The predicted octanol–water partition coefficient (Wildman–Crippen LogP) is 5.25. The van der Waals surface area contributed by atoms with Crippen LogP contribution >= 0.6 is 0 Å². The average molecular weight is 382 g/mol. The number of nitrogens with zero attached hydrogens (tertiary/aromatic N) is 2. The van der Waals surface area contributed by atoms with E-state index in [1.807, 2.05) is 54.6 Å². The van der Waals surface area contributed by atoms with Gasteiger partial charge in [-0.2, -0.15) is 0 Å². The van der Waals surface area contributed by atoms with Gasteiger partial charge in [0.2, 0.25) is 11.8 Å². The van der Waals surface area contributed by atoms with Crippen LogP contribution in [0.1, 0.15) is 31.2 Å². The Bertz CT molecular complexity index is 1250. The van der Waals surface area contributed by atoms with Gasteiger partial charge in [0.15, 0.2) is 0 Å². The lowest BCUT2D eigenvalue weighted by atomic mass is 9.97. The van der Waals surface area contributed by atoms with E-state index in [-0.39, 0.29) is 18.2 Å². The van der Waals surface area contributed by atoms with Crippen LogP contribution in [0, 0.1) is 0 Å².